The van der Waals surface area contributed by atoms with E-state index in [4.69, 9.17) is 0 Å². The van der Waals surface area contributed by atoms with E-state index in [0.717, 1.165) is 37.9 Å². The molecule has 4 heteroatoms. The van der Waals surface area contributed by atoms with Crippen LogP contribution in [0.25, 0.3) is 0 Å². The first-order valence-corrected chi connectivity index (χ1v) is 6.35. The van der Waals surface area contributed by atoms with Gasteiger partial charge in [0.15, 0.2) is 0 Å². The van der Waals surface area contributed by atoms with Gasteiger partial charge in [-0.1, -0.05) is 33.1 Å². The molecule has 0 bridgehead atoms. The highest BCUT2D eigenvalue weighted by Crippen LogP contribution is 2.37. The molecular formula is C13H20N2O2. The summed E-state index contributed by atoms with van der Waals surface area (Å²) in [6, 6.07) is 0. The standard InChI is InChI=1S/C13H20N2O2/c1-10(2)11-14-8-9-15(11)13(12(16)17)6-4-3-5-7-13/h8-10H,3-7H2,1-2H3,(H,16,17). The van der Waals surface area contributed by atoms with Gasteiger partial charge in [-0.25, -0.2) is 9.78 Å². The van der Waals surface area contributed by atoms with E-state index < -0.39 is 11.5 Å². The van der Waals surface area contributed by atoms with Gasteiger partial charge in [-0.3, -0.25) is 0 Å². The third-order valence-electron chi connectivity index (χ3n) is 3.73. The molecule has 0 spiro atoms. The van der Waals surface area contributed by atoms with Gasteiger partial charge >= 0.3 is 5.97 Å². The second-order valence-electron chi connectivity index (χ2n) is 5.21. The van der Waals surface area contributed by atoms with Gasteiger partial charge in [0, 0.05) is 18.3 Å². The van der Waals surface area contributed by atoms with Crippen molar-refractivity contribution >= 4 is 5.97 Å². The summed E-state index contributed by atoms with van der Waals surface area (Å²) in [6.45, 7) is 4.11. The van der Waals surface area contributed by atoms with Crippen LogP contribution in [0.5, 0.6) is 0 Å². The largest absolute Gasteiger partial charge is 0.479 e. The molecule has 0 radical (unpaired) electrons. The molecule has 4 nitrogen and oxygen atoms in total. The third kappa shape index (κ3) is 1.96. The summed E-state index contributed by atoms with van der Waals surface area (Å²) in [6.07, 6.45) is 8.10. The lowest BCUT2D eigenvalue weighted by atomic mass is 9.81. The Bertz CT molecular complexity index is 403. The van der Waals surface area contributed by atoms with Gasteiger partial charge in [-0.05, 0) is 12.8 Å². The number of carboxylic acids is 1. The maximum atomic E-state index is 11.7. The van der Waals surface area contributed by atoms with E-state index in [0.29, 0.717) is 0 Å². The Labute approximate surface area is 102 Å². The molecule has 1 aliphatic carbocycles. The lowest BCUT2D eigenvalue weighted by Gasteiger charge is -2.36. The number of carboxylic acid groups (broad SMARTS) is 1. The Morgan fingerprint density at radius 3 is 2.59 bits per heavy atom. The van der Waals surface area contributed by atoms with Crippen LogP contribution < -0.4 is 0 Å². The molecule has 0 unspecified atom stereocenters. The molecule has 2 rings (SSSR count). The highest BCUT2D eigenvalue weighted by atomic mass is 16.4. The van der Waals surface area contributed by atoms with Gasteiger partial charge in [0.1, 0.15) is 11.4 Å². The van der Waals surface area contributed by atoms with E-state index in [2.05, 4.69) is 18.8 Å². The molecule has 0 saturated heterocycles. The van der Waals surface area contributed by atoms with Crippen molar-refractivity contribution in [3.8, 4) is 0 Å². The Morgan fingerprint density at radius 2 is 2.06 bits per heavy atom. The number of aliphatic carboxylic acids is 1. The van der Waals surface area contributed by atoms with Gasteiger partial charge < -0.3 is 9.67 Å². The molecule has 0 amide bonds. The van der Waals surface area contributed by atoms with Gasteiger partial charge in [-0.15, -0.1) is 0 Å². The number of hydrogen-bond acceptors (Lipinski definition) is 2. The summed E-state index contributed by atoms with van der Waals surface area (Å²) in [4.78, 5) is 16.0. The summed E-state index contributed by atoms with van der Waals surface area (Å²) in [5.74, 6) is 0.426. The number of rotatable bonds is 3. The van der Waals surface area contributed by atoms with E-state index in [-0.39, 0.29) is 5.92 Å². The molecular weight excluding hydrogens is 216 g/mol. The van der Waals surface area contributed by atoms with Crippen molar-refractivity contribution in [2.75, 3.05) is 0 Å². The minimum absolute atomic E-state index is 0.253. The second kappa shape index (κ2) is 4.51. The maximum Gasteiger partial charge on any atom is 0.329 e. The van der Waals surface area contributed by atoms with Crippen molar-refractivity contribution in [1.82, 2.24) is 9.55 Å². The van der Waals surface area contributed by atoms with E-state index in [1.807, 2.05) is 10.8 Å². The number of nitrogens with zero attached hydrogens (tertiary/aromatic N) is 2. The molecule has 1 aromatic rings. The average molecular weight is 236 g/mol. The predicted octanol–water partition coefficient (Wildman–Crippen LogP) is 2.75. The Kier molecular flexibility index (Phi) is 3.22. The van der Waals surface area contributed by atoms with Gasteiger partial charge in [-0.2, -0.15) is 0 Å². The molecule has 1 saturated carbocycles. The Hall–Kier alpha value is -1.32. The normalized spacial score (nSPS) is 19.5. The highest BCUT2D eigenvalue weighted by molar-refractivity contribution is 5.77. The molecule has 1 N–H and O–H groups in total. The molecule has 1 aromatic heterocycles. The van der Waals surface area contributed by atoms with Crippen LogP contribution in [0.3, 0.4) is 0 Å². The molecule has 1 heterocycles. The van der Waals surface area contributed by atoms with Crippen LogP contribution in [0.2, 0.25) is 0 Å². The highest BCUT2D eigenvalue weighted by Gasteiger charge is 2.42. The summed E-state index contributed by atoms with van der Waals surface area (Å²) < 4.78 is 1.90. The minimum atomic E-state index is -0.756. The summed E-state index contributed by atoms with van der Waals surface area (Å²) in [7, 11) is 0. The molecule has 1 fully saturated rings. The van der Waals surface area contributed by atoms with Crippen LogP contribution in [0.1, 0.15) is 57.7 Å². The van der Waals surface area contributed by atoms with Crippen molar-refractivity contribution in [3.05, 3.63) is 18.2 Å². The van der Waals surface area contributed by atoms with Crippen molar-refractivity contribution in [2.45, 2.75) is 57.4 Å². The fourth-order valence-corrected chi connectivity index (χ4v) is 2.80. The predicted molar refractivity (Wildman–Crippen MR) is 65.0 cm³/mol. The van der Waals surface area contributed by atoms with E-state index in [9.17, 15) is 9.90 Å². The SMILES string of the molecule is CC(C)c1nccn1C1(C(=O)O)CCCCC1. The van der Waals surface area contributed by atoms with Gasteiger partial charge in [0.05, 0.1) is 0 Å². The van der Waals surface area contributed by atoms with Crippen molar-refractivity contribution < 1.29 is 9.90 Å². The lowest BCUT2D eigenvalue weighted by Crippen LogP contribution is -2.44. The van der Waals surface area contributed by atoms with Crippen molar-refractivity contribution in [3.63, 3.8) is 0 Å². The van der Waals surface area contributed by atoms with Crippen LogP contribution in [0, 0.1) is 0 Å². The zero-order valence-corrected chi connectivity index (χ0v) is 10.5. The average Bonchev–Trinajstić information content (AvgIpc) is 2.79. The summed E-state index contributed by atoms with van der Waals surface area (Å²) in [5.41, 5.74) is -0.756. The second-order valence-corrected chi connectivity index (χ2v) is 5.21. The Morgan fingerprint density at radius 1 is 1.41 bits per heavy atom. The first-order valence-electron chi connectivity index (χ1n) is 6.35. The minimum Gasteiger partial charge on any atom is -0.479 e. The molecule has 94 valence electrons. The fourth-order valence-electron chi connectivity index (χ4n) is 2.80. The maximum absolute atomic E-state index is 11.7. The number of carbonyl (C=O) groups is 1. The van der Waals surface area contributed by atoms with Crippen molar-refractivity contribution in [2.24, 2.45) is 0 Å². The first-order chi connectivity index (χ1) is 8.08. The van der Waals surface area contributed by atoms with Gasteiger partial charge in [0.2, 0.25) is 0 Å². The topological polar surface area (TPSA) is 55.1 Å². The van der Waals surface area contributed by atoms with Crippen LogP contribution in [-0.2, 0) is 10.3 Å². The van der Waals surface area contributed by atoms with Gasteiger partial charge in [0.25, 0.3) is 0 Å². The lowest BCUT2D eigenvalue weighted by molar-refractivity contribution is -0.149. The summed E-state index contributed by atoms with van der Waals surface area (Å²) >= 11 is 0. The molecule has 0 aromatic carbocycles. The van der Waals surface area contributed by atoms with Crippen molar-refractivity contribution in [1.29, 1.82) is 0 Å². The molecule has 0 aliphatic heterocycles. The molecule has 1 aliphatic rings. The van der Waals surface area contributed by atoms with Crippen LogP contribution in [-0.4, -0.2) is 20.6 Å². The number of hydrogen-bond donors (Lipinski definition) is 1. The number of aromatic nitrogens is 2. The third-order valence-corrected chi connectivity index (χ3v) is 3.73. The zero-order valence-electron chi connectivity index (χ0n) is 10.5. The van der Waals surface area contributed by atoms with E-state index in [1.165, 1.54) is 0 Å². The summed E-state index contributed by atoms with van der Waals surface area (Å²) in [5, 5.41) is 9.62. The Balaban J connectivity index is 2.45. The van der Waals surface area contributed by atoms with Crippen LogP contribution in [0.15, 0.2) is 12.4 Å². The first kappa shape index (κ1) is 12.1. The monoisotopic (exact) mass is 236 g/mol. The quantitative estimate of drug-likeness (QED) is 0.878. The molecule has 0 atom stereocenters. The number of imidazole rings is 1. The van der Waals surface area contributed by atoms with Crippen LogP contribution in [0.4, 0.5) is 0 Å². The molecule has 17 heavy (non-hydrogen) atoms. The van der Waals surface area contributed by atoms with E-state index in [1.54, 1.807) is 6.20 Å². The zero-order chi connectivity index (χ0) is 12.5. The fraction of sp³-hybridized carbons (Fsp3) is 0.692. The smallest absolute Gasteiger partial charge is 0.329 e. The van der Waals surface area contributed by atoms with Crippen LogP contribution >= 0.6 is 0 Å². The van der Waals surface area contributed by atoms with E-state index >= 15 is 0 Å².